The molecule has 0 saturated heterocycles. The van der Waals surface area contributed by atoms with Gasteiger partial charge in [0.15, 0.2) is 5.78 Å². The molecule has 0 rings (SSSR count). The Hall–Kier alpha value is -0.790. The van der Waals surface area contributed by atoms with E-state index in [1.165, 1.54) is 6.26 Å². The first-order chi connectivity index (χ1) is 5.73. The van der Waals surface area contributed by atoms with E-state index in [0.717, 1.165) is 0 Å². The lowest BCUT2D eigenvalue weighted by molar-refractivity contribution is -0.135. The van der Waals surface area contributed by atoms with Crippen molar-refractivity contribution in [2.75, 3.05) is 6.61 Å². The van der Waals surface area contributed by atoms with Crippen molar-refractivity contribution >= 4 is 5.78 Å². The van der Waals surface area contributed by atoms with Gasteiger partial charge in [0.1, 0.15) is 6.61 Å². The van der Waals surface area contributed by atoms with E-state index >= 15 is 0 Å². The molecular formula is C11H20O2. The Morgan fingerprint density at radius 2 is 1.77 bits per heavy atom. The Labute approximate surface area is 81.0 Å². The molecule has 76 valence electrons. The van der Waals surface area contributed by atoms with Crippen molar-refractivity contribution < 1.29 is 9.53 Å². The molecule has 0 bridgehead atoms. The number of carbonyl (C=O) groups excluding carboxylic acids is 1. The molecule has 0 aliphatic heterocycles. The maximum atomic E-state index is 11.7. The fourth-order valence-electron chi connectivity index (χ4n) is 0.733. The van der Waals surface area contributed by atoms with Gasteiger partial charge in [0, 0.05) is 5.41 Å². The number of ketones is 1. The normalized spacial score (nSPS) is 12.4. The van der Waals surface area contributed by atoms with E-state index < -0.39 is 0 Å². The molecule has 0 N–H and O–H groups in total. The number of ether oxygens (including phenoxy) is 1. The average molecular weight is 184 g/mol. The summed E-state index contributed by atoms with van der Waals surface area (Å²) in [6, 6.07) is 0. The van der Waals surface area contributed by atoms with E-state index in [4.69, 9.17) is 4.74 Å². The zero-order chi connectivity index (χ0) is 10.7. The molecule has 0 aliphatic carbocycles. The van der Waals surface area contributed by atoms with Crippen LogP contribution in [0, 0.1) is 10.8 Å². The number of carbonyl (C=O) groups is 1. The molecule has 0 saturated carbocycles. The SMILES string of the molecule is C=COCC(=O)C(C)(C)C(C)(C)C. The molecular weight excluding hydrogens is 164 g/mol. The Bertz CT molecular complexity index is 197. The number of hydrogen-bond acceptors (Lipinski definition) is 2. The fourth-order valence-corrected chi connectivity index (χ4v) is 0.733. The Morgan fingerprint density at radius 3 is 2.08 bits per heavy atom. The third kappa shape index (κ3) is 2.87. The summed E-state index contributed by atoms with van der Waals surface area (Å²) in [7, 11) is 0. The van der Waals surface area contributed by atoms with Crippen molar-refractivity contribution in [3.05, 3.63) is 12.8 Å². The second kappa shape index (κ2) is 3.95. The minimum Gasteiger partial charge on any atom is -0.494 e. The highest BCUT2D eigenvalue weighted by Crippen LogP contribution is 2.38. The fraction of sp³-hybridized carbons (Fsp3) is 0.727. The molecule has 0 atom stereocenters. The Morgan fingerprint density at radius 1 is 1.31 bits per heavy atom. The topological polar surface area (TPSA) is 26.3 Å². The number of hydrogen-bond donors (Lipinski definition) is 0. The van der Waals surface area contributed by atoms with Crippen LogP contribution < -0.4 is 0 Å². The smallest absolute Gasteiger partial charge is 0.176 e. The summed E-state index contributed by atoms with van der Waals surface area (Å²) in [4.78, 5) is 11.7. The molecule has 0 aromatic carbocycles. The standard InChI is InChI=1S/C11H20O2/c1-7-13-8-9(12)11(5,6)10(2,3)4/h7H,1,8H2,2-6H3. The van der Waals surface area contributed by atoms with Gasteiger partial charge in [-0.3, -0.25) is 4.79 Å². The van der Waals surface area contributed by atoms with Crippen LogP contribution >= 0.6 is 0 Å². The van der Waals surface area contributed by atoms with Gasteiger partial charge < -0.3 is 4.74 Å². The van der Waals surface area contributed by atoms with E-state index in [1.54, 1.807) is 0 Å². The molecule has 13 heavy (non-hydrogen) atoms. The third-order valence-electron chi connectivity index (χ3n) is 2.90. The molecule has 0 aromatic heterocycles. The lowest BCUT2D eigenvalue weighted by atomic mass is 9.67. The first kappa shape index (κ1) is 12.2. The van der Waals surface area contributed by atoms with E-state index in [-0.39, 0.29) is 23.2 Å². The third-order valence-corrected chi connectivity index (χ3v) is 2.90. The van der Waals surface area contributed by atoms with Crippen molar-refractivity contribution in [2.24, 2.45) is 10.8 Å². The number of Topliss-reactive ketones (excluding diaryl/α,β-unsaturated/α-hetero) is 1. The molecule has 0 spiro atoms. The van der Waals surface area contributed by atoms with Gasteiger partial charge in [-0.05, 0) is 5.41 Å². The average Bonchev–Trinajstić information content (AvgIpc) is 1.97. The molecule has 2 heteroatoms. The van der Waals surface area contributed by atoms with Crippen LogP contribution in [0.5, 0.6) is 0 Å². The Kier molecular flexibility index (Phi) is 3.71. The van der Waals surface area contributed by atoms with Gasteiger partial charge in [0.25, 0.3) is 0 Å². The van der Waals surface area contributed by atoms with Gasteiger partial charge in [-0.25, -0.2) is 0 Å². The van der Waals surface area contributed by atoms with Crippen molar-refractivity contribution in [3.8, 4) is 0 Å². The lowest BCUT2D eigenvalue weighted by Gasteiger charge is -2.36. The molecule has 0 amide bonds. The summed E-state index contributed by atoms with van der Waals surface area (Å²) in [5.41, 5.74) is -0.412. The summed E-state index contributed by atoms with van der Waals surface area (Å²) in [5, 5.41) is 0. The lowest BCUT2D eigenvalue weighted by Crippen LogP contribution is -2.39. The van der Waals surface area contributed by atoms with Crippen LogP contribution in [0.2, 0.25) is 0 Å². The highest BCUT2D eigenvalue weighted by Gasteiger charge is 2.39. The maximum Gasteiger partial charge on any atom is 0.176 e. The molecule has 0 heterocycles. The highest BCUT2D eigenvalue weighted by atomic mass is 16.5. The van der Waals surface area contributed by atoms with Crippen LogP contribution in [0.3, 0.4) is 0 Å². The van der Waals surface area contributed by atoms with Gasteiger partial charge >= 0.3 is 0 Å². The molecule has 0 fully saturated rings. The van der Waals surface area contributed by atoms with Crippen molar-refractivity contribution in [3.63, 3.8) is 0 Å². The first-order valence-electron chi connectivity index (χ1n) is 4.49. The van der Waals surface area contributed by atoms with E-state index in [9.17, 15) is 4.79 Å². The summed E-state index contributed by atoms with van der Waals surface area (Å²) < 4.78 is 4.89. The molecule has 0 aliphatic rings. The zero-order valence-corrected chi connectivity index (χ0v) is 9.31. The predicted octanol–water partition coefficient (Wildman–Crippen LogP) is 2.79. The highest BCUT2D eigenvalue weighted by molar-refractivity contribution is 5.86. The van der Waals surface area contributed by atoms with Crippen LogP contribution in [0.25, 0.3) is 0 Å². The molecule has 0 radical (unpaired) electrons. The minimum absolute atomic E-state index is 0.0470. The van der Waals surface area contributed by atoms with Crippen molar-refractivity contribution in [1.29, 1.82) is 0 Å². The monoisotopic (exact) mass is 184 g/mol. The van der Waals surface area contributed by atoms with Crippen LogP contribution in [0.4, 0.5) is 0 Å². The van der Waals surface area contributed by atoms with Gasteiger partial charge in [0.05, 0.1) is 6.26 Å². The summed E-state index contributed by atoms with van der Waals surface area (Å²) in [5.74, 6) is 0.111. The first-order valence-corrected chi connectivity index (χ1v) is 4.49. The second-order valence-electron chi connectivity index (χ2n) is 4.78. The van der Waals surface area contributed by atoms with Crippen LogP contribution in [-0.2, 0) is 9.53 Å². The van der Waals surface area contributed by atoms with E-state index in [1.807, 2.05) is 13.8 Å². The van der Waals surface area contributed by atoms with Gasteiger partial charge in [0.2, 0.25) is 0 Å². The Balaban J connectivity index is 4.45. The van der Waals surface area contributed by atoms with Gasteiger partial charge in [-0.1, -0.05) is 41.2 Å². The van der Waals surface area contributed by atoms with Crippen LogP contribution in [0.1, 0.15) is 34.6 Å². The summed E-state index contributed by atoms with van der Waals surface area (Å²) >= 11 is 0. The quantitative estimate of drug-likeness (QED) is 0.628. The molecule has 2 nitrogen and oxygen atoms in total. The van der Waals surface area contributed by atoms with E-state index in [0.29, 0.717) is 0 Å². The van der Waals surface area contributed by atoms with Crippen molar-refractivity contribution in [1.82, 2.24) is 0 Å². The molecule has 0 aromatic rings. The maximum absolute atomic E-state index is 11.7. The van der Waals surface area contributed by atoms with Crippen LogP contribution in [0.15, 0.2) is 12.8 Å². The summed E-state index contributed by atoms with van der Waals surface area (Å²) in [6.45, 7) is 13.6. The largest absolute Gasteiger partial charge is 0.494 e. The zero-order valence-electron chi connectivity index (χ0n) is 9.31. The number of rotatable bonds is 4. The van der Waals surface area contributed by atoms with Gasteiger partial charge in [-0.15, -0.1) is 0 Å². The predicted molar refractivity (Wildman–Crippen MR) is 54.4 cm³/mol. The van der Waals surface area contributed by atoms with Gasteiger partial charge in [-0.2, -0.15) is 0 Å². The molecule has 0 unspecified atom stereocenters. The minimum atomic E-state index is -0.365. The van der Waals surface area contributed by atoms with E-state index in [2.05, 4.69) is 27.4 Å². The van der Waals surface area contributed by atoms with Crippen LogP contribution in [-0.4, -0.2) is 12.4 Å². The summed E-state index contributed by atoms with van der Waals surface area (Å²) in [6.07, 6.45) is 1.30. The second-order valence-corrected chi connectivity index (χ2v) is 4.78. The van der Waals surface area contributed by atoms with Crippen molar-refractivity contribution in [2.45, 2.75) is 34.6 Å².